The molecule has 0 spiro atoms. The number of hydrogen-bond donors (Lipinski definition) is 2. The fourth-order valence-electron chi connectivity index (χ4n) is 1.27. The fourth-order valence-corrected chi connectivity index (χ4v) is 1.65. The molecule has 2 aromatic heterocycles. The summed E-state index contributed by atoms with van der Waals surface area (Å²) in [5, 5.41) is 1.29. The average molecular weight is 195 g/mol. The molecule has 0 saturated carbocycles. The molecule has 2 N–H and O–H groups in total. The molecule has 0 atom stereocenters. The highest BCUT2D eigenvalue weighted by Gasteiger charge is 2.06. The van der Waals surface area contributed by atoms with E-state index in [2.05, 4.69) is 15.0 Å². The Balaban J connectivity index is 2.87. The molecule has 2 rings (SSSR count). The first-order chi connectivity index (χ1) is 6.22. The van der Waals surface area contributed by atoms with Crippen molar-refractivity contribution in [3.63, 3.8) is 0 Å². The third kappa shape index (κ3) is 1.25. The number of hydrogen-bond acceptors (Lipinski definition) is 3. The zero-order valence-corrected chi connectivity index (χ0v) is 8.16. The molecule has 0 unspecified atom stereocenters. The molecule has 2 aromatic rings. The number of nitrogens with one attached hydrogen (secondary N) is 2. The Bertz CT molecular complexity index is 500. The lowest BCUT2D eigenvalue weighted by atomic mass is 10.3. The zero-order valence-electron chi connectivity index (χ0n) is 7.34. The first-order valence-electron chi connectivity index (χ1n) is 3.84. The van der Waals surface area contributed by atoms with Crippen LogP contribution in [0.25, 0.3) is 11.0 Å². The summed E-state index contributed by atoms with van der Waals surface area (Å²) in [6.45, 7) is 1.88. The van der Waals surface area contributed by atoms with E-state index in [9.17, 15) is 4.79 Å². The van der Waals surface area contributed by atoms with Crippen LogP contribution in [0.5, 0.6) is 0 Å². The molecule has 2 heterocycles. The first-order valence-corrected chi connectivity index (χ1v) is 5.07. The summed E-state index contributed by atoms with van der Waals surface area (Å²) in [4.78, 5) is 21.4. The smallest absolute Gasteiger partial charge is 0.261 e. The van der Waals surface area contributed by atoms with Gasteiger partial charge in [0, 0.05) is 6.20 Å². The highest BCUT2D eigenvalue weighted by atomic mass is 32.2. The minimum absolute atomic E-state index is 0.0758. The van der Waals surface area contributed by atoms with Gasteiger partial charge >= 0.3 is 0 Å². The number of fused-ring (bicyclic) bond motifs is 1. The van der Waals surface area contributed by atoms with Gasteiger partial charge in [0.25, 0.3) is 5.56 Å². The van der Waals surface area contributed by atoms with Crippen LogP contribution in [0.4, 0.5) is 0 Å². The van der Waals surface area contributed by atoms with E-state index < -0.39 is 0 Å². The van der Waals surface area contributed by atoms with Crippen molar-refractivity contribution in [3.05, 3.63) is 22.1 Å². The lowest BCUT2D eigenvalue weighted by Crippen LogP contribution is -2.08. The Morgan fingerprint density at radius 1 is 1.54 bits per heavy atom. The molecule has 0 radical (unpaired) electrons. The molecule has 0 fully saturated rings. The van der Waals surface area contributed by atoms with Gasteiger partial charge in [-0.15, -0.1) is 0 Å². The van der Waals surface area contributed by atoms with E-state index in [0.717, 1.165) is 5.56 Å². The second-order valence-electron chi connectivity index (χ2n) is 2.77. The third-order valence-corrected chi connectivity index (χ3v) is 2.49. The topological polar surface area (TPSA) is 61.5 Å². The average Bonchev–Trinajstić information content (AvgIpc) is 2.48. The standard InChI is InChI=1S/C8H9N3OS/c1-4-3-9-6-5(4)7(12)11-8(10-6)13-2/h3H,1-2H3,(H2,9,10,11,12). The number of rotatable bonds is 1. The van der Waals surface area contributed by atoms with Gasteiger partial charge in [-0.1, -0.05) is 11.8 Å². The summed E-state index contributed by atoms with van der Waals surface area (Å²) in [5.74, 6) is 0. The van der Waals surface area contributed by atoms with Crippen LogP contribution in [0, 0.1) is 6.92 Å². The maximum absolute atomic E-state index is 11.5. The van der Waals surface area contributed by atoms with Crippen molar-refractivity contribution < 1.29 is 0 Å². The van der Waals surface area contributed by atoms with Crippen molar-refractivity contribution in [1.82, 2.24) is 15.0 Å². The minimum atomic E-state index is -0.0758. The summed E-state index contributed by atoms with van der Waals surface area (Å²) < 4.78 is 0. The largest absolute Gasteiger partial charge is 0.346 e. The van der Waals surface area contributed by atoms with Gasteiger partial charge in [0.15, 0.2) is 5.16 Å². The number of aromatic amines is 2. The van der Waals surface area contributed by atoms with Crippen LogP contribution in [-0.4, -0.2) is 21.2 Å². The van der Waals surface area contributed by atoms with Gasteiger partial charge in [0.2, 0.25) is 0 Å². The number of nitrogens with zero attached hydrogens (tertiary/aromatic N) is 1. The van der Waals surface area contributed by atoms with E-state index in [0.29, 0.717) is 16.2 Å². The highest BCUT2D eigenvalue weighted by molar-refractivity contribution is 7.98. The van der Waals surface area contributed by atoms with E-state index in [4.69, 9.17) is 0 Å². The Labute approximate surface area is 78.8 Å². The SMILES string of the molecule is CSc1nc2[nH]cc(C)c2c(=O)[nH]1. The second-order valence-corrected chi connectivity index (χ2v) is 3.57. The fraction of sp³-hybridized carbons (Fsp3) is 0.250. The summed E-state index contributed by atoms with van der Waals surface area (Å²) in [7, 11) is 0. The minimum Gasteiger partial charge on any atom is -0.346 e. The zero-order chi connectivity index (χ0) is 9.42. The van der Waals surface area contributed by atoms with E-state index in [-0.39, 0.29) is 5.56 Å². The van der Waals surface area contributed by atoms with Crippen LogP contribution < -0.4 is 5.56 Å². The van der Waals surface area contributed by atoms with Gasteiger partial charge in [-0.2, -0.15) is 0 Å². The maximum atomic E-state index is 11.5. The van der Waals surface area contributed by atoms with Gasteiger partial charge in [0.05, 0.1) is 5.39 Å². The lowest BCUT2D eigenvalue weighted by molar-refractivity contribution is 0.970. The summed E-state index contributed by atoms with van der Waals surface area (Å²) in [5.41, 5.74) is 1.51. The first kappa shape index (κ1) is 8.37. The molecule has 4 nitrogen and oxygen atoms in total. The van der Waals surface area contributed by atoms with Crippen LogP contribution in [0.1, 0.15) is 5.56 Å². The van der Waals surface area contributed by atoms with Crippen LogP contribution >= 0.6 is 11.8 Å². The van der Waals surface area contributed by atoms with Gasteiger partial charge < -0.3 is 9.97 Å². The molecule has 0 aliphatic carbocycles. The highest BCUT2D eigenvalue weighted by Crippen LogP contribution is 2.13. The molecule has 0 amide bonds. The monoisotopic (exact) mass is 195 g/mol. The maximum Gasteiger partial charge on any atom is 0.261 e. The van der Waals surface area contributed by atoms with Gasteiger partial charge in [-0.05, 0) is 18.7 Å². The van der Waals surface area contributed by atoms with E-state index in [1.807, 2.05) is 13.2 Å². The van der Waals surface area contributed by atoms with Crippen LogP contribution in [-0.2, 0) is 0 Å². The Morgan fingerprint density at radius 2 is 2.31 bits per heavy atom. The van der Waals surface area contributed by atoms with Crippen LogP contribution in [0.3, 0.4) is 0 Å². The van der Waals surface area contributed by atoms with E-state index in [1.165, 1.54) is 11.8 Å². The third-order valence-electron chi connectivity index (χ3n) is 1.91. The lowest BCUT2D eigenvalue weighted by Gasteiger charge is -1.94. The molecule has 0 aliphatic heterocycles. The quantitative estimate of drug-likeness (QED) is 0.532. The van der Waals surface area contributed by atoms with Gasteiger partial charge in [-0.3, -0.25) is 4.79 Å². The Kier molecular flexibility index (Phi) is 1.88. The normalized spacial score (nSPS) is 10.9. The van der Waals surface area contributed by atoms with Gasteiger partial charge in [0.1, 0.15) is 5.65 Å². The van der Waals surface area contributed by atoms with Crippen molar-refractivity contribution in [2.24, 2.45) is 0 Å². The number of thioether (sulfide) groups is 1. The molecular formula is C8H9N3OS. The molecule has 5 heteroatoms. The summed E-state index contributed by atoms with van der Waals surface area (Å²) in [6.07, 6.45) is 3.66. The number of H-pyrrole nitrogens is 2. The molecule has 0 aromatic carbocycles. The predicted molar refractivity (Wildman–Crippen MR) is 53.2 cm³/mol. The van der Waals surface area contributed by atoms with E-state index >= 15 is 0 Å². The molecule has 0 aliphatic rings. The molecular weight excluding hydrogens is 186 g/mol. The summed E-state index contributed by atoms with van der Waals surface area (Å²) in [6, 6.07) is 0. The Morgan fingerprint density at radius 3 is 3.00 bits per heavy atom. The van der Waals surface area contributed by atoms with Crippen molar-refractivity contribution in [3.8, 4) is 0 Å². The summed E-state index contributed by atoms with van der Waals surface area (Å²) >= 11 is 1.42. The van der Waals surface area contributed by atoms with Crippen LogP contribution in [0.15, 0.2) is 16.1 Å². The Hall–Kier alpha value is -1.23. The second kappa shape index (κ2) is 2.92. The van der Waals surface area contributed by atoms with Crippen LogP contribution in [0.2, 0.25) is 0 Å². The molecule has 0 saturated heterocycles. The van der Waals surface area contributed by atoms with Gasteiger partial charge in [-0.25, -0.2) is 4.98 Å². The number of aryl methyl sites for hydroxylation is 1. The molecule has 68 valence electrons. The van der Waals surface area contributed by atoms with Crippen molar-refractivity contribution in [2.45, 2.75) is 12.1 Å². The van der Waals surface area contributed by atoms with E-state index in [1.54, 1.807) is 6.20 Å². The van der Waals surface area contributed by atoms with Crippen molar-refractivity contribution >= 4 is 22.8 Å². The van der Waals surface area contributed by atoms with Crippen molar-refractivity contribution in [2.75, 3.05) is 6.26 Å². The van der Waals surface area contributed by atoms with Crippen molar-refractivity contribution in [1.29, 1.82) is 0 Å². The molecule has 0 bridgehead atoms. The number of aromatic nitrogens is 3. The molecule has 13 heavy (non-hydrogen) atoms. The predicted octanol–water partition coefficient (Wildman–Crippen LogP) is 1.28.